The van der Waals surface area contributed by atoms with Crippen LogP contribution in [0.3, 0.4) is 0 Å². The largest absolute Gasteiger partial charge is 1.00 e. The van der Waals surface area contributed by atoms with Gasteiger partial charge in [0.2, 0.25) is 0 Å². The Morgan fingerprint density at radius 3 is 1.10 bits per heavy atom. The topological polar surface area (TPSA) is 220 Å². The third-order valence-electron chi connectivity index (χ3n) is 2.50. The van der Waals surface area contributed by atoms with Gasteiger partial charge in [0.05, 0.1) is 23.3 Å². The molecule has 8 N–H and O–H groups in total. The van der Waals surface area contributed by atoms with Gasteiger partial charge in [-0.25, -0.2) is 6.67 Å². The predicted molar refractivity (Wildman–Crippen MR) is 108 cm³/mol. The van der Waals surface area contributed by atoms with Gasteiger partial charge in [-0.2, -0.15) is 10.5 Å². The number of aliphatic hydroxyl groups is 4. The van der Waals surface area contributed by atoms with Gasteiger partial charge in [0.15, 0.2) is 0 Å². The van der Waals surface area contributed by atoms with Gasteiger partial charge in [-0.1, -0.05) is 24.3 Å². The van der Waals surface area contributed by atoms with Crippen LogP contribution >= 0.6 is 0 Å². The van der Waals surface area contributed by atoms with E-state index in [1.165, 1.54) is 13.8 Å². The molecule has 0 amide bonds. The number of nitriles is 2. The zero-order valence-electron chi connectivity index (χ0n) is 16.8. The van der Waals surface area contributed by atoms with Crippen LogP contribution in [0.5, 0.6) is 0 Å². The number of nitrogens with zero attached hydrogens (tertiary/aromatic N) is 4. The molecule has 10 nitrogen and oxygen atoms in total. The molecule has 0 fully saturated rings. The normalized spacial score (nSPS) is 7.94. The molecule has 0 aliphatic carbocycles. The Morgan fingerprint density at radius 2 is 0.903 bits per heavy atom. The van der Waals surface area contributed by atoms with Crippen molar-refractivity contribution in [1.29, 1.82) is 10.5 Å². The van der Waals surface area contributed by atoms with Gasteiger partial charge in [0.25, 0.3) is 0 Å². The van der Waals surface area contributed by atoms with Crippen molar-refractivity contribution < 1.29 is 70.3 Å². The second-order valence-corrected chi connectivity index (χ2v) is 5.04. The SMILES string of the molecule is CC(O)O.CC(O)O.N#Cc1ccc([N-]C[N-]c2ccc(C#N)cc2)cc1.O.O.[Ru+].[Ru+]. The van der Waals surface area contributed by atoms with Crippen molar-refractivity contribution in [3.05, 3.63) is 70.3 Å². The number of aliphatic hydroxyl groups excluding tert-OH is 2. The summed E-state index contributed by atoms with van der Waals surface area (Å²) < 4.78 is 0. The minimum absolute atomic E-state index is 0. The average Bonchev–Trinajstić information content (AvgIpc) is 2.62. The second-order valence-electron chi connectivity index (χ2n) is 5.04. The van der Waals surface area contributed by atoms with E-state index in [0.717, 1.165) is 11.4 Å². The molecule has 0 aromatic heterocycles. The van der Waals surface area contributed by atoms with Crippen LogP contribution in [-0.4, -0.2) is 50.6 Å². The van der Waals surface area contributed by atoms with E-state index in [4.69, 9.17) is 30.9 Å². The molecule has 0 spiro atoms. The Bertz CT molecular complexity index is 664. The Labute approximate surface area is 207 Å². The van der Waals surface area contributed by atoms with E-state index in [1.54, 1.807) is 48.5 Å². The summed E-state index contributed by atoms with van der Waals surface area (Å²) in [7, 11) is 0. The molecule has 2 aromatic rings. The van der Waals surface area contributed by atoms with Crippen LogP contribution in [0.4, 0.5) is 11.4 Å². The molecule has 0 unspecified atom stereocenters. The molecule has 0 aliphatic heterocycles. The first-order valence-electron chi connectivity index (χ1n) is 7.86. The molecular formula is C19H26N4O6Ru2. The Hall–Kier alpha value is -1.97. The van der Waals surface area contributed by atoms with Gasteiger partial charge < -0.3 is 42.0 Å². The number of rotatable bonds is 4. The molecular weight excluding hydrogens is 582 g/mol. The van der Waals surface area contributed by atoms with Crippen molar-refractivity contribution in [2.24, 2.45) is 0 Å². The maximum absolute atomic E-state index is 8.67. The van der Waals surface area contributed by atoms with Crippen LogP contribution in [0.1, 0.15) is 25.0 Å². The quantitative estimate of drug-likeness (QED) is 0.294. The first-order valence-corrected chi connectivity index (χ1v) is 7.86. The summed E-state index contributed by atoms with van der Waals surface area (Å²) in [5.41, 5.74) is 2.80. The minimum atomic E-state index is -1.17. The van der Waals surface area contributed by atoms with E-state index >= 15 is 0 Å². The van der Waals surface area contributed by atoms with E-state index in [1.807, 2.05) is 0 Å². The van der Waals surface area contributed by atoms with Crippen molar-refractivity contribution in [3.63, 3.8) is 0 Å². The monoisotopic (exact) mass is 610 g/mol. The number of hydrogen-bond donors (Lipinski definition) is 4. The standard InChI is InChI=1S/C15H10N4.2C2H6O2.2H2O.2Ru/c16-9-12-1-5-14(6-2-12)18-11-19-15-7-3-13(10-17)4-8-15;2*1-2(3)4;;;;/h1-8H,11H2;2*2-4H,1H3;2*1H2;;/q-2;;;;;2*+1. The minimum Gasteiger partial charge on any atom is -0.699 e. The van der Waals surface area contributed by atoms with Crippen molar-refractivity contribution in [3.8, 4) is 12.1 Å². The van der Waals surface area contributed by atoms with Crippen LogP contribution in [0.2, 0.25) is 0 Å². The van der Waals surface area contributed by atoms with Gasteiger partial charge in [-0.3, -0.25) is 0 Å². The molecule has 0 aliphatic rings. The van der Waals surface area contributed by atoms with E-state index in [0.29, 0.717) is 17.8 Å². The number of hydrogen-bond acceptors (Lipinski definition) is 6. The van der Waals surface area contributed by atoms with Crippen molar-refractivity contribution in [2.75, 3.05) is 6.67 Å². The Morgan fingerprint density at radius 1 is 0.677 bits per heavy atom. The summed E-state index contributed by atoms with van der Waals surface area (Å²) in [4.78, 5) is 0. The van der Waals surface area contributed by atoms with Crippen LogP contribution < -0.4 is 0 Å². The van der Waals surface area contributed by atoms with E-state index in [-0.39, 0.29) is 49.9 Å². The molecule has 0 saturated carbocycles. The Balaban J connectivity index is -0.000000164. The van der Waals surface area contributed by atoms with Crippen LogP contribution in [0, 0.1) is 22.7 Å². The average molecular weight is 609 g/mol. The fraction of sp³-hybridized carbons (Fsp3) is 0.263. The van der Waals surface area contributed by atoms with E-state index in [2.05, 4.69) is 22.8 Å². The molecule has 2 radical (unpaired) electrons. The van der Waals surface area contributed by atoms with Crippen molar-refractivity contribution in [1.82, 2.24) is 0 Å². The molecule has 174 valence electrons. The summed E-state index contributed by atoms with van der Waals surface area (Å²) in [6.45, 7) is 2.87. The smallest absolute Gasteiger partial charge is 0.699 e. The maximum Gasteiger partial charge on any atom is 1.00 e. The maximum atomic E-state index is 8.67. The third kappa shape index (κ3) is 24.2. The fourth-order valence-electron chi connectivity index (χ4n) is 1.48. The first kappa shape index (κ1) is 39.5. The van der Waals surface area contributed by atoms with Gasteiger partial charge in [-0.15, -0.1) is 11.4 Å². The van der Waals surface area contributed by atoms with Gasteiger partial charge >= 0.3 is 39.0 Å². The molecule has 2 aromatic carbocycles. The summed E-state index contributed by atoms with van der Waals surface area (Å²) in [5.74, 6) is 0. The van der Waals surface area contributed by atoms with Crippen LogP contribution in [0.25, 0.3) is 10.6 Å². The fourth-order valence-corrected chi connectivity index (χ4v) is 1.48. The van der Waals surface area contributed by atoms with Crippen LogP contribution in [-0.2, 0) is 39.0 Å². The summed E-state index contributed by atoms with van der Waals surface area (Å²) in [6.07, 6.45) is -2.33. The third-order valence-corrected chi connectivity index (χ3v) is 2.50. The molecule has 31 heavy (non-hydrogen) atoms. The predicted octanol–water partition coefficient (Wildman–Crippen LogP) is 1.08. The zero-order valence-corrected chi connectivity index (χ0v) is 20.2. The number of benzene rings is 2. The molecule has 0 bridgehead atoms. The molecule has 0 heterocycles. The summed E-state index contributed by atoms with van der Waals surface area (Å²) in [5, 5.41) is 56.3. The van der Waals surface area contributed by atoms with E-state index in [9.17, 15) is 0 Å². The summed E-state index contributed by atoms with van der Waals surface area (Å²) in [6, 6.07) is 18.1. The van der Waals surface area contributed by atoms with E-state index < -0.39 is 12.6 Å². The second kappa shape index (κ2) is 24.3. The molecule has 0 atom stereocenters. The van der Waals surface area contributed by atoms with Crippen LogP contribution in [0.15, 0.2) is 48.5 Å². The van der Waals surface area contributed by atoms with Crippen molar-refractivity contribution in [2.45, 2.75) is 26.4 Å². The van der Waals surface area contributed by atoms with Crippen molar-refractivity contribution >= 4 is 11.4 Å². The zero-order chi connectivity index (χ0) is 20.7. The summed E-state index contributed by atoms with van der Waals surface area (Å²) >= 11 is 0. The first-order chi connectivity index (χ1) is 12.8. The molecule has 12 heteroatoms. The van der Waals surface area contributed by atoms with Gasteiger partial charge in [0, 0.05) is 0 Å². The molecule has 2 rings (SSSR count). The van der Waals surface area contributed by atoms with Gasteiger partial charge in [0.1, 0.15) is 12.6 Å². The van der Waals surface area contributed by atoms with Gasteiger partial charge in [-0.05, 0) is 38.1 Å². The Kier molecular flexibility index (Phi) is 31.0. The molecule has 0 saturated heterocycles.